The summed E-state index contributed by atoms with van der Waals surface area (Å²) in [6.07, 6.45) is 0. The number of hydrogen-bond acceptors (Lipinski definition) is 0. The van der Waals surface area contributed by atoms with Crippen LogP contribution in [-0.4, -0.2) is 16.1 Å². The second-order valence-electron chi connectivity index (χ2n) is 7.92. The topological polar surface area (TPSA) is 0 Å². The molecule has 0 spiro atoms. The third-order valence-corrected chi connectivity index (χ3v) is 4.60. The lowest BCUT2D eigenvalue weighted by Gasteiger charge is -2.12. The van der Waals surface area contributed by atoms with E-state index in [4.69, 9.17) is 0 Å². The minimum Gasteiger partial charge on any atom is -0.127 e. The van der Waals surface area contributed by atoms with Crippen molar-refractivity contribution in [1.29, 1.82) is 0 Å². The molecule has 1 rings (SSSR count). The predicted octanol–water partition coefficient (Wildman–Crippen LogP) is 5.27. The molecule has 0 N–H and O–H groups in total. The van der Waals surface area contributed by atoms with Crippen LogP contribution < -0.4 is 0 Å². The van der Waals surface area contributed by atoms with Crippen LogP contribution in [0.1, 0.15) is 36.5 Å². The van der Waals surface area contributed by atoms with Gasteiger partial charge in [0.15, 0.2) is 0 Å². The molecule has 0 amide bonds. The highest BCUT2D eigenvalue weighted by Crippen LogP contribution is 2.22. The smallest absolute Gasteiger partial charge is 0.127 e. The van der Waals surface area contributed by atoms with Crippen molar-refractivity contribution in [2.45, 2.75) is 59.0 Å². The van der Waals surface area contributed by atoms with Gasteiger partial charge in [-0.05, 0) is 17.5 Å². The van der Waals surface area contributed by atoms with E-state index < -0.39 is 16.1 Å². The molecule has 0 radical (unpaired) electrons. The summed E-state index contributed by atoms with van der Waals surface area (Å²) in [5, 5.41) is 0. The summed E-state index contributed by atoms with van der Waals surface area (Å²) in [5.74, 6) is 7.35. The van der Waals surface area contributed by atoms with E-state index in [1.54, 1.807) is 0 Å². The quantitative estimate of drug-likeness (QED) is 0.489. The van der Waals surface area contributed by atoms with E-state index in [0.29, 0.717) is 5.92 Å². The van der Waals surface area contributed by atoms with Gasteiger partial charge >= 0.3 is 0 Å². The van der Waals surface area contributed by atoms with Crippen molar-refractivity contribution in [2.75, 3.05) is 0 Å². The standard InChI is InChI=1S/C19H28Si2/c1-16(2)18-11-9-10-17(12-14-20(3,4)5)19(18)13-15-21(6,7)8/h9-11,16H,1-8H3. The minimum absolute atomic E-state index is 0.476. The summed E-state index contributed by atoms with van der Waals surface area (Å²) in [5.41, 5.74) is 10.6. The van der Waals surface area contributed by atoms with E-state index in [0.717, 1.165) is 11.1 Å². The third kappa shape index (κ3) is 6.38. The maximum atomic E-state index is 3.50. The molecular weight excluding hydrogens is 284 g/mol. The highest BCUT2D eigenvalue weighted by molar-refractivity contribution is 6.84. The highest BCUT2D eigenvalue weighted by Gasteiger charge is 2.12. The van der Waals surface area contributed by atoms with E-state index in [9.17, 15) is 0 Å². The minimum atomic E-state index is -1.38. The van der Waals surface area contributed by atoms with Crippen LogP contribution in [0.15, 0.2) is 18.2 Å². The Balaban J connectivity index is 3.46. The molecule has 1 aromatic carbocycles. The Kier molecular flexibility index (Phi) is 5.68. The number of rotatable bonds is 1. The highest BCUT2D eigenvalue weighted by atomic mass is 28.3. The molecule has 0 fully saturated rings. The van der Waals surface area contributed by atoms with E-state index in [-0.39, 0.29) is 0 Å². The Labute approximate surface area is 133 Å². The zero-order valence-corrected chi connectivity index (χ0v) is 16.8. The number of hydrogen-bond donors (Lipinski definition) is 0. The summed E-state index contributed by atoms with van der Waals surface area (Å²) in [4.78, 5) is 0. The third-order valence-electron chi connectivity index (χ3n) is 2.85. The first-order valence-corrected chi connectivity index (χ1v) is 14.7. The van der Waals surface area contributed by atoms with Crippen LogP contribution in [0.5, 0.6) is 0 Å². The fourth-order valence-electron chi connectivity index (χ4n) is 1.80. The van der Waals surface area contributed by atoms with Gasteiger partial charge in [0.25, 0.3) is 0 Å². The van der Waals surface area contributed by atoms with E-state index in [1.807, 2.05) is 0 Å². The van der Waals surface area contributed by atoms with Crippen molar-refractivity contribution >= 4 is 16.1 Å². The van der Waals surface area contributed by atoms with Crippen LogP contribution in [0.3, 0.4) is 0 Å². The zero-order chi connectivity index (χ0) is 16.3. The average molecular weight is 313 g/mol. The van der Waals surface area contributed by atoms with Gasteiger partial charge in [0.2, 0.25) is 0 Å². The van der Waals surface area contributed by atoms with Gasteiger partial charge < -0.3 is 0 Å². The first-order valence-electron chi connectivity index (χ1n) is 7.69. The molecule has 0 saturated heterocycles. The first-order chi connectivity index (χ1) is 9.49. The van der Waals surface area contributed by atoms with Gasteiger partial charge in [0.1, 0.15) is 16.1 Å². The molecule has 112 valence electrons. The molecule has 0 unspecified atom stereocenters. The van der Waals surface area contributed by atoms with E-state index in [1.165, 1.54) is 5.56 Å². The molecule has 1 aromatic rings. The van der Waals surface area contributed by atoms with Crippen LogP contribution in [-0.2, 0) is 0 Å². The fourth-order valence-corrected chi connectivity index (χ4v) is 2.81. The monoisotopic (exact) mass is 312 g/mol. The second-order valence-corrected chi connectivity index (χ2v) is 17.4. The molecule has 0 aliphatic carbocycles. The van der Waals surface area contributed by atoms with Gasteiger partial charge in [-0.3, -0.25) is 0 Å². The van der Waals surface area contributed by atoms with Gasteiger partial charge in [0.05, 0.1) is 0 Å². The Morgan fingerprint density at radius 1 is 0.810 bits per heavy atom. The molecule has 2 heteroatoms. The van der Waals surface area contributed by atoms with Gasteiger partial charge in [0, 0.05) is 11.1 Å². The average Bonchev–Trinajstić information content (AvgIpc) is 2.31. The Hall–Kier alpha value is -1.23. The molecule has 0 bridgehead atoms. The SMILES string of the molecule is CC(C)c1cccc(C#C[Si](C)(C)C)c1C#C[Si](C)(C)C. The van der Waals surface area contributed by atoms with Gasteiger partial charge in [-0.15, -0.1) is 11.1 Å². The summed E-state index contributed by atoms with van der Waals surface area (Å²) >= 11 is 0. The van der Waals surface area contributed by atoms with E-state index >= 15 is 0 Å². The van der Waals surface area contributed by atoms with Crippen molar-refractivity contribution in [3.05, 3.63) is 34.9 Å². The summed E-state index contributed by atoms with van der Waals surface area (Å²) in [7, 11) is -2.75. The molecule has 0 aromatic heterocycles. The van der Waals surface area contributed by atoms with Gasteiger partial charge in [-0.25, -0.2) is 0 Å². The summed E-state index contributed by atoms with van der Waals surface area (Å²) < 4.78 is 0. The maximum Gasteiger partial charge on any atom is 0.129 e. The number of benzene rings is 1. The van der Waals surface area contributed by atoms with Crippen LogP contribution in [0.4, 0.5) is 0 Å². The fraction of sp³-hybridized carbons (Fsp3) is 0.474. The molecular formula is C19H28Si2. The second kappa shape index (κ2) is 6.69. The largest absolute Gasteiger partial charge is 0.129 e. The lowest BCUT2D eigenvalue weighted by Crippen LogP contribution is -2.17. The van der Waals surface area contributed by atoms with Crippen molar-refractivity contribution in [3.63, 3.8) is 0 Å². The van der Waals surface area contributed by atoms with Crippen molar-refractivity contribution < 1.29 is 0 Å². The molecule has 0 aliphatic rings. The maximum absolute atomic E-state index is 3.50. The Morgan fingerprint density at radius 3 is 1.81 bits per heavy atom. The Morgan fingerprint density at radius 2 is 1.33 bits per heavy atom. The molecule has 0 saturated carbocycles. The lowest BCUT2D eigenvalue weighted by atomic mass is 9.94. The van der Waals surface area contributed by atoms with Crippen molar-refractivity contribution in [3.8, 4) is 22.9 Å². The molecule has 0 atom stereocenters. The van der Waals surface area contributed by atoms with E-state index in [2.05, 4.69) is 94.3 Å². The van der Waals surface area contributed by atoms with Crippen LogP contribution >= 0.6 is 0 Å². The zero-order valence-electron chi connectivity index (χ0n) is 14.8. The van der Waals surface area contributed by atoms with Gasteiger partial charge in [-0.1, -0.05) is 77.1 Å². The first kappa shape index (κ1) is 17.8. The molecule has 0 nitrogen and oxygen atoms in total. The summed E-state index contributed by atoms with van der Waals surface area (Å²) in [6.45, 7) is 18.1. The van der Waals surface area contributed by atoms with Gasteiger partial charge in [-0.2, -0.15) is 0 Å². The van der Waals surface area contributed by atoms with Crippen LogP contribution in [0.25, 0.3) is 0 Å². The molecule has 21 heavy (non-hydrogen) atoms. The van der Waals surface area contributed by atoms with Crippen molar-refractivity contribution in [2.24, 2.45) is 0 Å². The lowest BCUT2D eigenvalue weighted by molar-refractivity contribution is 0.862. The Bertz CT molecular complexity index is 618. The van der Waals surface area contributed by atoms with Crippen LogP contribution in [0, 0.1) is 22.9 Å². The van der Waals surface area contributed by atoms with Crippen LogP contribution in [0.2, 0.25) is 39.3 Å². The predicted molar refractivity (Wildman–Crippen MR) is 101 cm³/mol. The molecule has 0 aliphatic heterocycles. The summed E-state index contributed by atoms with van der Waals surface area (Å²) in [6, 6.07) is 6.43. The van der Waals surface area contributed by atoms with Crippen molar-refractivity contribution in [1.82, 2.24) is 0 Å². The normalized spacial score (nSPS) is 11.5. The molecule has 0 heterocycles.